The van der Waals surface area contributed by atoms with Gasteiger partial charge in [0.05, 0.1) is 27.5 Å². The average molecular weight is 651 g/mol. The van der Waals surface area contributed by atoms with E-state index in [-0.39, 0.29) is 0 Å². The molecule has 8 aromatic carbocycles. The number of aromatic nitrogens is 2. The topological polar surface area (TPSA) is 23.0 Å². The van der Waals surface area contributed by atoms with E-state index >= 15 is 0 Å². The smallest absolute Gasteiger partial charge is 0.137 e. The molecule has 0 atom stereocenters. The number of fused-ring (bicyclic) bond motifs is 10. The quantitative estimate of drug-likeness (QED) is 0.186. The molecule has 0 aliphatic heterocycles. The van der Waals surface area contributed by atoms with Gasteiger partial charge in [0, 0.05) is 38.3 Å². The zero-order chi connectivity index (χ0) is 33.5. The monoisotopic (exact) mass is 650 g/mol. The predicted octanol–water partition coefficient (Wildman–Crippen LogP) is 13.1. The summed E-state index contributed by atoms with van der Waals surface area (Å²) in [5, 5.41) is 7.25. The molecule has 238 valence electrons. The lowest BCUT2D eigenvalue weighted by Crippen LogP contribution is -1.96. The average Bonchev–Trinajstić information content (AvgIpc) is 3.86. The van der Waals surface area contributed by atoms with E-state index in [1.54, 1.807) is 0 Å². The van der Waals surface area contributed by atoms with Crippen molar-refractivity contribution in [1.82, 2.24) is 9.13 Å². The van der Waals surface area contributed by atoms with Gasteiger partial charge in [-0.3, -0.25) is 0 Å². The molecule has 3 nitrogen and oxygen atoms in total. The zero-order valence-corrected chi connectivity index (χ0v) is 27.6. The number of hydrogen-bond acceptors (Lipinski definition) is 1. The van der Waals surface area contributed by atoms with Crippen LogP contribution in [0.2, 0.25) is 0 Å². The van der Waals surface area contributed by atoms with E-state index in [1.165, 1.54) is 65.9 Å². The fourth-order valence-corrected chi connectivity index (χ4v) is 8.24. The molecule has 0 fully saturated rings. The lowest BCUT2D eigenvalue weighted by Gasteiger charge is -2.15. The normalized spacial score (nSPS) is 11.9. The van der Waals surface area contributed by atoms with Gasteiger partial charge in [-0.05, 0) is 89.0 Å². The first-order valence-electron chi connectivity index (χ1n) is 17.4. The molecule has 0 unspecified atom stereocenters. The van der Waals surface area contributed by atoms with Crippen LogP contribution in [0.3, 0.4) is 0 Å². The summed E-state index contributed by atoms with van der Waals surface area (Å²) in [7, 11) is 0. The Bertz CT molecular complexity index is 3070. The number of nitrogens with zero attached hydrogens (tertiary/aromatic N) is 2. The first kappa shape index (κ1) is 28.0. The summed E-state index contributed by atoms with van der Waals surface area (Å²) < 4.78 is 11.2. The van der Waals surface area contributed by atoms with E-state index in [1.807, 2.05) is 6.07 Å². The summed E-state index contributed by atoms with van der Waals surface area (Å²) in [6.07, 6.45) is 0. The Kier molecular flexibility index (Phi) is 5.96. The van der Waals surface area contributed by atoms with Crippen molar-refractivity contribution in [2.24, 2.45) is 0 Å². The first-order chi connectivity index (χ1) is 25.3. The molecule has 0 aliphatic carbocycles. The van der Waals surface area contributed by atoms with Gasteiger partial charge in [0.1, 0.15) is 11.2 Å². The van der Waals surface area contributed by atoms with E-state index in [9.17, 15) is 0 Å². The van der Waals surface area contributed by atoms with Crippen LogP contribution in [-0.2, 0) is 0 Å². The highest BCUT2D eigenvalue weighted by molar-refractivity contribution is 6.24. The first-order valence-corrected chi connectivity index (χ1v) is 17.4. The summed E-state index contributed by atoms with van der Waals surface area (Å²) >= 11 is 0. The Morgan fingerprint density at radius 3 is 1.51 bits per heavy atom. The molecule has 0 radical (unpaired) electrons. The van der Waals surface area contributed by atoms with Gasteiger partial charge >= 0.3 is 0 Å². The molecule has 51 heavy (non-hydrogen) atoms. The zero-order valence-electron chi connectivity index (χ0n) is 27.6. The van der Waals surface area contributed by atoms with Crippen LogP contribution < -0.4 is 0 Å². The van der Waals surface area contributed by atoms with Crippen LogP contribution in [0.25, 0.3) is 99.2 Å². The van der Waals surface area contributed by atoms with Crippen molar-refractivity contribution < 1.29 is 4.42 Å². The van der Waals surface area contributed by atoms with Crippen LogP contribution >= 0.6 is 0 Å². The predicted molar refractivity (Wildman–Crippen MR) is 213 cm³/mol. The van der Waals surface area contributed by atoms with E-state index in [2.05, 4.69) is 185 Å². The van der Waals surface area contributed by atoms with Gasteiger partial charge in [-0.1, -0.05) is 115 Å². The third kappa shape index (κ3) is 4.19. The maximum Gasteiger partial charge on any atom is 0.137 e. The van der Waals surface area contributed by atoms with Crippen molar-refractivity contribution in [2.75, 3.05) is 0 Å². The fourth-order valence-electron chi connectivity index (χ4n) is 8.24. The summed E-state index contributed by atoms with van der Waals surface area (Å²) in [5.74, 6) is 0. The lowest BCUT2D eigenvalue weighted by molar-refractivity contribution is 0.669. The Hall–Kier alpha value is -6.84. The van der Waals surface area contributed by atoms with Crippen molar-refractivity contribution in [3.05, 3.63) is 182 Å². The van der Waals surface area contributed by atoms with Crippen LogP contribution in [0.1, 0.15) is 0 Å². The van der Waals surface area contributed by atoms with Gasteiger partial charge < -0.3 is 13.6 Å². The van der Waals surface area contributed by atoms with Gasteiger partial charge in [-0.25, -0.2) is 0 Å². The van der Waals surface area contributed by atoms with Gasteiger partial charge in [0.25, 0.3) is 0 Å². The molecule has 11 aromatic rings. The van der Waals surface area contributed by atoms with Crippen molar-refractivity contribution in [3.8, 4) is 33.6 Å². The maximum atomic E-state index is 6.35. The molecule has 0 spiro atoms. The Morgan fingerprint density at radius 1 is 0.314 bits per heavy atom. The van der Waals surface area contributed by atoms with Crippen molar-refractivity contribution in [1.29, 1.82) is 0 Å². The second-order valence-electron chi connectivity index (χ2n) is 13.3. The molecule has 0 amide bonds. The van der Waals surface area contributed by atoms with Crippen LogP contribution in [-0.4, -0.2) is 9.13 Å². The second kappa shape index (κ2) is 10.8. The maximum absolute atomic E-state index is 6.35. The number of rotatable bonds is 4. The standard InChI is InChI=1S/C48H30N2O/c1-2-12-31(13-3-1)33-28-34(30-36(29-33)49-42-18-8-4-14-37(42)38-15-5-9-19-43(38)49)32-22-24-35(25-23-32)50-44-20-10-6-16-39(44)40-26-27-46-47(48(40)50)41-17-7-11-21-45(41)51-46/h1-30H. The minimum Gasteiger partial charge on any atom is -0.456 e. The van der Waals surface area contributed by atoms with E-state index < -0.39 is 0 Å². The highest BCUT2D eigenvalue weighted by Gasteiger charge is 2.19. The van der Waals surface area contributed by atoms with Gasteiger partial charge in [0.15, 0.2) is 0 Å². The third-order valence-corrected chi connectivity index (χ3v) is 10.5. The Balaban J connectivity index is 1.13. The van der Waals surface area contributed by atoms with Crippen molar-refractivity contribution >= 4 is 65.6 Å². The third-order valence-electron chi connectivity index (χ3n) is 10.5. The fraction of sp³-hybridized carbons (Fsp3) is 0. The number of para-hydroxylation sites is 4. The van der Waals surface area contributed by atoms with Crippen LogP contribution in [0.4, 0.5) is 0 Å². The van der Waals surface area contributed by atoms with Gasteiger partial charge in [0.2, 0.25) is 0 Å². The largest absolute Gasteiger partial charge is 0.456 e. The molecule has 3 heterocycles. The summed E-state index contributed by atoms with van der Waals surface area (Å²) in [6, 6.07) is 65.5. The van der Waals surface area contributed by atoms with E-state index in [4.69, 9.17) is 4.42 Å². The molecule has 0 saturated carbocycles. The lowest BCUT2D eigenvalue weighted by atomic mass is 9.97. The molecule has 0 N–H and O–H groups in total. The highest BCUT2D eigenvalue weighted by Crippen LogP contribution is 2.41. The minimum absolute atomic E-state index is 0.902. The summed E-state index contributed by atoms with van der Waals surface area (Å²) in [4.78, 5) is 0. The van der Waals surface area contributed by atoms with Crippen LogP contribution in [0.5, 0.6) is 0 Å². The summed E-state index contributed by atoms with van der Waals surface area (Å²) in [6.45, 7) is 0. The molecule has 3 heteroatoms. The van der Waals surface area contributed by atoms with Gasteiger partial charge in [-0.15, -0.1) is 0 Å². The molecular formula is C48H30N2O. The molecule has 0 aliphatic rings. The molecule has 11 rings (SSSR count). The SMILES string of the molecule is c1ccc(-c2cc(-c3ccc(-n4c5ccccc5c5ccc6oc7ccccc7c6c54)cc3)cc(-n3c4ccccc4c4ccccc43)c2)cc1. The number of hydrogen-bond donors (Lipinski definition) is 0. The van der Waals surface area contributed by atoms with Crippen molar-refractivity contribution in [3.63, 3.8) is 0 Å². The molecule has 3 aromatic heterocycles. The Morgan fingerprint density at radius 2 is 0.843 bits per heavy atom. The number of benzene rings is 8. The van der Waals surface area contributed by atoms with Crippen LogP contribution in [0.15, 0.2) is 186 Å². The highest BCUT2D eigenvalue weighted by atomic mass is 16.3. The van der Waals surface area contributed by atoms with Gasteiger partial charge in [-0.2, -0.15) is 0 Å². The van der Waals surface area contributed by atoms with E-state index in [0.29, 0.717) is 0 Å². The van der Waals surface area contributed by atoms with Crippen LogP contribution in [0, 0.1) is 0 Å². The molecule has 0 bridgehead atoms. The minimum atomic E-state index is 0.902. The number of furan rings is 1. The Labute approximate surface area is 293 Å². The van der Waals surface area contributed by atoms with Crippen molar-refractivity contribution in [2.45, 2.75) is 0 Å². The summed E-state index contributed by atoms with van der Waals surface area (Å²) in [5.41, 5.74) is 13.5. The van der Waals surface area contributed by atoms with E-state index in [0.717, 1.165) is 33.3 Å². The molecule has 0 saturated heterocycles. The second-order valence-corrected chi connectivity index (χ2v) is 13.3. The molecular weight excluding hydrogens is 621 g/mol.